The minimum absolute atomic E-state index is 0.0225. The van der Waals surface area contributed by atoms with Crippen LogP contribution in [0.1, 0.15) is 75.9 Å². The number of ether oxygens (including phenoxy) is 2. The van der Waals surface area contributed by atoms with Crippen molar-refractivity contribution in [3.63, 3.8) is 0 Å². The van der Waals surface area contributed by atoms with E-state index in [1.807, 2.05) is 6.07 Å². The highest BCUT2D eigenvalue weighted by atomic mass is 16.6. The van der Waals surface area contributed by atoms with Crippen molar-refractivity contribution in [2.45, 2.75) is 65.2 Å². The van der Waals surface area contributed by atoms with E-state index in [1.165, 1.54) is 11.1 Å². The van der Waals surface area contributed by atoms with Gasteiger partial charge >= 0.3 is 11.7 Å². The predicted octanol–water partition coefficient (Wildman–Crippen LogP) is 6.78. The molecule has 30 heavy (non-hydrogen) atoms. The highest BCUT2D eigenvalue weighted by Crippen LogP contribution is 2.38. The summed E-state index contributed by atoms with van der Waals surface area (Å²) in [6.07, 6.45) is 2.05. The lowest BCUT2D eigenvalue weighted by molar-refractivity contribution is 0.0449. The van der Waals surface area contributed by atoms with E-state index in [2.05, 4.69) is 58.7 Å². The second kappa shape index (κ2) is 9.75. The largest absolute Gasteiger partial charge is 0.490 e. The monoisotopic (exact) mass is 409 g/mol. The summed E-state index contributed by atoms with van der Waals surface area (Å²) in [6, 6.07) is 12.7. The highest BCUT2D eigenvalue weighted by molar-refractivity contribution is 5.89. The summed E-state index contributed by atoms with van der Waals surface area (Å²) in [5, 5.41) is 8.71. The summed E-state index contributed by atoms with van der Waals surface area (Å²) in [7, 11) is 0. The molecule has 0 aliphatic rings. The molecule has 0 radical (unpaired) electrons. The van der Waals surface area contributed by atoms with Crippen molar-refractivity contribution in [1.29, 1.82) is 5.39 Å². The molecule has 0 aromatic heterocycles. The summed E-state index contributed by atoms with van der Waals surface area (Å²) in [5.41, 5.74) is 3.35. The van der Waals surface area contributed by atoms with E-state index in [9.17, 15) is 4.79 Å². The Morgan fingerprint density at radius 1 is 0.933 bits per heavy atom. The van der Waals surface area contributed by atoms with E-state index in [0.717, 1.165) is 18.6 Å². The van der Waals surface area contributed by atoms with Gasteiger partial charge in [0, 0.05) is 17.7 Å². The Bertz CT molecular complexity index is 909. The van der Waals surface area contributed by atoms with Crippen LogP contribution < -0.4 is 4.74 Å². The van der Waals surface area contributed by atoms with Gasteiger partial charge in [-0.2, -0.15) is 0 Å². The van der Waals surface area contributed by atoms with Crippen LogP contribution in [0.5, 0.6) is 5.75 Å². The van der Waals surface area contributed by atoms with Crippen LogP contribution in [0.2, 0.25) is 0 Å². The van der Waals surface area contributed by atoms with Gasteiger partial charge < -0.3 is 9.47 Å². The highest BCUT2D eigenvalue weighted by Gasteiger charge is 2.26. The zero-order valence-electron chi connectivity index (χ0n) is 19.0. The number of esters is 1. The molecule has 160 valence electrons. The SMILES string of the molecule is CCC(C)(C)c1ccc(OCCOC(=O)c2ccc([N+]#N)cc2)c(C(C)(C)CC)c1. The number of diazo groups is 1. The first kappa shape index (κ1) is 23.4. The van der Waals surface area contributed by atoms with Crippen LogP contribution in [0.4, 0.5) is 5.69 Å². The second-order valence-corrected chi connectivity index (χ2v) is 8.82. The Labute approximate surface area is 180 Å². The van der Waals surface area contributed by atoms with Crippen molar-refractivity contribution in [1.82, 2.24) is 0 Å². The quantitative estimate of drug-likeness (QED) is 0.260. The molecule has 2 rings (SSSR count). The molecular formula is C25H33N2O3+. The summed E-state index contributed by atoms with van der Waals surface area (Å²) in [4.78, 5) is 15.2. The third-order valence-corrected chi connectivity index (χ3v) is 6.05. The summed E-state index contributed by atoms with van der Waals surface area (Å²) < 4.78 is 11.3. The molecule has 0 saturated heterocycles. The van der Waals surface area contributed by atoms with Crippen molar-refractivity contribution >= 4 is 11.7 Å². The summed E-state index contributed by atoms with van der Waals surface area (Å²) >= 11 is 0. The van der Waals surface area contributed by atoms with Gasteiger partial charge in [0.25, 0.3) is 0 Å². The van der Waals surface area contributed by atoms with Gasteiger partial charge in [0.15, 0.2) is 4.98 Å². The van der Waals surface area contributed by atoms with Crippen LogP contribution in [0, 0.1) is 5.39 Å². The molecule has 0 amide bonds. The maximum absolute atomic E-state index is 12.1. The molecule has 0 aliphatic heterocycles. The van der Waals surface area contributed by atoms with Crippen molar-refractivity contribution in [2.24, 2.45) is 0 Å². The minimum Gasteiger partial charge on any atom is -0.490 e. The summed E-state index contributed by atoms with van der Waals surface area (Å²) in [5.74, 6) is 0.403. The van der Waals surface area contributed by atoms with Crippen LogP contribution in [0.25, 0.3) is 4.98 Å². The lowest BCUT2D eigenvalue weighted by Gasteiger charge is -2.30. The molecular weight excluding hydrogens is 376 g/mol. The fourth-order valence-electron chi connectivity index (χ4n) is 3.03. The Morgan fingerprint density at radius 2 is 1.57 bits per heavy atom. The van der Waals surface area contributed by atoms with Gasteiger partial charge in [0.05, 0.1) is 5.56 Å². The third kappa shape index (κ3) is 5.60. The van der Waals surface area contributed by atoms with Gasteiger partial charge in [-0.15, -0.1) is 0 Å². The van der Waals surface area contributed by atoms with Crippen LogP contribution in [0.15, 0.2) is 42.5 Å². The number of carbonyl (C=O) groups excluding carboxylic acids is 1. The molecule has 0 spiro atoms. The fourth-order valence-corrected chi connectivity index (χ4v) is 3.03. The second-order valence-electron chi connectivity index (χ2n) is 8.82. The van der Waals surface area contributed by atoms with Gasteiger partial charge in [-0.3, -0.25) is 0 Å². The van der Waals surface area contributed by atoms with E-state index < -0.39 is 5.97 Å². The van der Waals surface area contributed by atoms with Crippen LogP contribution in [-0.2, 0) is 15.6 Å². The zero-order chi connectivity index (χ0) is 22.4. The Morgan fingerprint density at radius 3 is 2.13 bits per heavy atom. The van der Waals surface area contributed by atoms with Gasteiger partial charge in [0.2, 0.25) is 5.39 Å². The molecule has 2 aromatic carbocycles. The van der Waals surface area contributed by atoms with E-state index in [0.29, 0.717) is 11.3 Å². The van der Waals surface area contributed by atoms with Gasteiger partial charge in [-0.25, -0.2) is 4.79 Å². The van der Waals surface area contributed by atoms with Crippen molar-refractivity contribution in [3.8, 4) is 5.75 Å². The molecule has 0 bridgehead atoms. The molecule has 0 unspecified atom stereocenters. The number of hydrogen-bond acceptors (Lipinski definition) is 4. The van der Waals surface area contributed by atoms with Gasteiger partial charge in [-0.1, -0.05) is 53.7 Å². The maximum atomic E-state index is 12.1. The number of carbonyl (C=O) groups is 1. The standard InChI is InChI=1S/C25H33N2O3/c1-7-24(3,4)19-11-14-22(21(17-19)25(5,6)8-2)29-15-16-30-23(28)18-9-12-20(27-26)13-10-18/h9-14,17H,7-8,15-16H2,1-6H3/q+1. The lowest BCUT2D eigenvalue weighted by atomic mass is 9.76. The van der Waals surface area contributed by atoms with Crippen LogP contribution in [-0.4, -0.2) is 19.2 Å². The molecule has 0 saturated carbocycles. The Kier molecular flexibility index (Phi) is 7.61. The number of hydrogen-bond donors (Lipinski definition) is 0. The van der Waals surface area contributed by atoms with Crippen LogP contribution in [0.3, 0.4) is 0 Å². The molecule has 0 atom stereocenters. The van der Waals surface area contributed by atoms with E-state index in [-0.39, 0.29) is 24.0 Å². The van der Waals surface area contributed by atoms with Crippen molar-refractivity contribution in [3.05, 3.63) is 64.1 Å². The average Bonchev–Trinajstić information content (AvgIpc) is 2.76. The molecule has 0 aliphatic carbocycles. The number of nitrogens with zero attached hydrogens (tertiary/aromatic N) is 2. The van der Waals surface area contributed by atoms with Crippen molar-refractivity contribution < 1.29 is 14.3 Å². The lowest BCUT2D eigenvalue weighted by Crippen LogP contribution is -2.22. The average molecular weight is 410 g/mol. The molecule has 0 fully saturated rings. The number of rotatable bonds is 9. The molecule has 0 N–H and O–H groups in total. The molecule has 0 heterocycles. The fraction of sp³-hybridized carbons (Fsp3) is 0.480. The minimum atomic E-state index is -0.433. The zero-order valence-corrected chi connectivity index (χ0v) is 19.0. The smallest absolute Gasteiger partial charge is 0.385 e. The summed E-state index contributed by atoms with van der Waals surface area (Å²) in [6.45, 7) is 13.8. The first-order chi connectivity index (χ1) is 14.1. The Hall–Kier alpha value is -2.87. The topological polar surface area (TPSA) is 63.7 Å². The van der Waals surface area contributed by atoms with Gasteiger partial charge in [0.1, 0.15) is 19.0 Å². The first-order valence-electron chi connectivity index (χ1n) is 10.5. The first-order valence-corrected chi connectivity index (χ1v) is 10.5. The van der Waals surface area contributed by atoms with E-state index in [4.69, 9.17) is 14.9 Å². The molecule has 2 aromatic rings. The van der Waals surface area contributed by atoms with E-state index >= 15 is 0 Å². The number of benzene rings is 2. The van der Waals surface area contributed by atoms with Crippen molar-refractivity contribution in [2.75, 3.05) is 13.2 Å². The molecule has 5 nitrogen and oxygen atoms in total. The van der Waals surface area contributed by atoms with E-state index in [1.54, 1.807) is 24.3 Å². The normalized spacial score (nSPS) is 11.6. The maximum Gasteiger partial charge on any atom is 0.385 e. The predicted molar refractivity (Wildman–Crippen MR) is 120 cm³/mol. The Balaban J connectivity index is 2.06. The third-order valence-electron chi connectivity index (χ3n) is 6.05. The molecule has 5 heteroatoms. The van der Waals surface area contributed by atoms with Crippen LogP contribution >= 0.6 is 0 Å². The van der Waals surface area contributed by atoms with Gasteiger partial charge in [-0.05, 0) is 47.4 Å².